The molecule has 6 heteroatoms. The maximum absolute atomic E-state index is 12.9. The lowest BCUT2D eigenvalue weighted by atomic mass is 9.98. The van der Waals surface area contributed by atoms with E-state index in [1.807, 2.05) is 32.0 Å². The first-order valence-electron chi connectivity index (χ1n) is 8.02. The number of fused-ring (bicyclic) bond motifs is 1. The van der Waals surface area contributed by atoms with Crippen LogP contribution >= 0.6 is 0 Å². The highest BCUT2D eigenvalue weighted by Crippen LogP contribution is 2.35. The van der Waals surface area contributed by atoms with E-state index < -0.39 is 11.9 Å². The molecule has 2 heterocycles. The van der Waals surface area contributed by atoms with Crippen molar-refractivity contribution >= 4 is 17.7 Å². The van der Waals surface area contributed by atoms with E-state index in [0.29, 0.717) is 25.3 Å². The highest BCUT2D eigenvalue weighted by atomic mass is 16.5. The van der Waals surface area contributed by atoms with Gasteiger partial charge in [-0.1, -0.05) is 6.07 Å². The number of likely N-dealkylation sites (tertiary alicyclic amines) is 1. The van der Waals surface area contributed by atoms with E-state index in [2.05, 4.69) is 0 Å². The molecule has 2 atom stereocenters. The number of hydrogen-bond donors (Lipinski definition) is 1. The Kier molecular flexibility index (Phi) is 4.15. The van der Waals surface area contributed by atoms with Gasteiger partial charge in [0.05, 0.1) is 18.2 Å². The SMILES string of the molecule is Cc1ccc2c(c1)N(C(=O)N1CCC[C@@H](C(=O)O)C1)C[C@H](C)O2. The summed E-state index contributed by atoms with van der Waals surface area (Å²) < 4.78 is 5.81. The first-order chi connectivity index (χ1) is 11.0. The van der Waals surface area contributed by atoms with E-state index >= 15 is 0 Å². The molecule has 0 aliphatic carbocycles. The zero-order valence-electron chi connectivity index (χ0n) is 13.5. The number of amides is 2. The van der Waals surface area contributed by atoms with E-state index in [-0.39, 0.29) is 18.7 Å². The lowest BCUT2D eigenvalue weighted by molar-refractivity contribution is -0.143. The molecule has 23 heavy (non-hydrogen) atoms. The third-order valence-corrected chi connectivity index (χ3v) is 4.45. The van der Waals surface area contributed by atoms with Gasteiger partial charge in [-0.2, -0.15) is 0 Å². The molecule has 1 saturated heterocycles. The van der Waals surface area contributed by atoms with Crippen molar-refractivity contribution in [1.29, 1.82) is 0 Å². The molecule has 1 aromatic carbocycles. The second kappa shape index (κ2) is 6.10. The number of nitrogens with zero attached hydrogens (tertiary/aromatic N) is 2. The van der Waals surface area contributed by atoms with Gasteiger partial charge < -0.3 is 14.7 Å². The van der Waals surface area contributed by atoms with Gasteiger partial charge in [0.15, 0.2) is 0 Å². The van der Waals surface area contributed by atoms with Crippen LogP contribution in [0.5, 0.6) is 5.75 Å². The molecule has 2 aliphatic heterocycles. The predicted octanol–water partition coefficient (Wildman–Crippen LogP) is 2.50. The number of carboxylic acid groups (broad SMARTS) is 1. The number of hydrogen-bond acceptors (Lipinski definition) is 3. The fourth-order valence-corrected chi connectivity index (χ4v) is 3.25. The first-order valence-corrected chi connectivity index (χ1v) is 8.02. The number of anilines is 1. The maximum Gasteiger partial charge on any atom is 0.324 e. The number of aryl methyl sites for hydroxylation is 1. The minimum absolute atomic E-state index is 0.0887. The van der Waals surface area contributed by atoms with Crippen molar-refractivity contribution in [3.8, 4) is 5.75 Å². The van der Waals surface area contributed by atoms with E-state index in [0.717, 1.165) is 17.7 Å². The van der Waals surface area contributed by atoms with Crippen molar-refractivity contribution < 1.29 is 19.4 Å². The molecule has 3 rings (SSSR count). The van der Waals surface area contributed by atoms with E-state index in [9.17, 15) is 14.7 Å². The van der Waals surface area contributed by atoms with Gasteiger partial charge in [-0.3, -0.25) is 9.69 Å². The molecule has 0 spiro atoms. The number of piperidine rings is 1. The summed E-state index contributed by atoms with van der Waals surface area (Å²) in [4.78, 5) is 27.5. The van der Waals surface area contributed by atoms with Crippen LogP contribution in [0.1, 0.15) is 25.3 Å². The highest BCUT2D eigenvalue weighted by Gasteiger charge is 2.34. The molecule has 0 radical (unpaired) electrons. The second-order valence-electron chi connectivity index (χ2n) is 6.42. The number of urea groups is 1. The molecule has 0 bridgehead atoms. The molecule has 124 valence electrons. The normalized spacial score (nSPS) is 23.9. The largest absolute Gasteiger partial charge is 0.487 e. The summed E-state index contributed by atoms with van der Waals surface area (Å²) in [6.45, 7) is 5.27. The molecule has 1 fully saturated rings. The number of carbonyl (C=O) groups is 2. The van der Waals surface area contributed by atoms with Gasteiger partial charge in [0, 0.05) is 13.1 Å². The summed E-state index contributed by atoms with van der Waals surface area (Å²) in [5.41, 5.74) is 1.83. The predicted molar refractivity (Wildman–Crippen MR) is 85.9 cm³/mol. The molecule has 0 unspecified atom stereocenters. The Bertz CT molecular complexity index is 631. The quantitative estimate of drug-likeness (QED) is 0.863. The Hall–Kier alpha value is -2.24. The Balaban J connectivity index is 1.85. The summed E-state index contributed by atoms with van der Waals surface area (Å²) in [6.07, 6.45) is 1.27. The number of benzene rings is 1. The Morgan fingerprint density at radius 3 is 2.83 bits per heavy atom. The third-order valence-electron chi connectivity index (χ3n) is 4.45. The highest BCUT2D eigenvalue weighted by molar-refractivity contribution is 5.94. The van der Waals surface area contributed by atoms with E-state index in [1.165, 1.54) is 0 Å². The number of carbonyl (C=O) groups excluding carboxylic acids is 1. The molecule has 1 N–H and O–H groups in total. The van der Waals surface area contributed by atoms with Gasteiger partial charge in [-0.25, -0.2) is 4.79 Å². The fraction of sp³-hybridized carbons (Fsp3) is 0.529. The minimum atomic E-state index is -0.825. The van der Waals surface area contributed by atoms with Gasteiger partial charge in [-0.05, 0) is 44.4 Å². The van der Waals surface area contributed by atoms with Crippen LogP contribution in [0.15, 0.2) is 18.2 Å². The van der Waals surface area contributed by atoms with Crippen molar-refractivity contribution in [3.63, 3.8) is 0 Å². The number of aliphatic carboxylic acids is 1. The third kappa shape index (κ3) is 3.11. The van der Waals surface area contributed by atoms with Gasteiger partial charge in [0.25, 0.3) is 0 Å². The second-order valence-corrected chi connectivity index (χ2v) is 6.42. The van der Waals surface area contributed by atoms with Crippen molar-refractivity contribution in [1.82, 2.24) is 4.90 Å². The zero-order chi connectivity index (χ0) is 16.6. The van der Waals surface area contributed by atoms with Crippen LogP contribution < -0.4 is 9.64 Å². The fourth-order valence-electron chi connectivity index (χ4n) is 3.25. The number of rotatable bonds is 1. The van der Waals surface area contributed by atoms with E-state index in [4.69, 9.17) is 4.74 Å². The standard InChI is InChI=1S/C17H22N2O4/c1-11-5-6-15-14(8-11)19(9-12(2)23-15)17(22)18-7-3-4-13(10-18)16(20)21/h5-6,8,12-13H,3-4,7,9-10H2,1-2H3,(H,20,21)/t12-,13+/m0/s1. The zero-order valence-corrected chi connectivity index (χ0v) is 13.5. The van der Waals surface area contributed by atoms with Crippen molar-refractivity contribution in [2.24, 2.45) is 5.92 Å². The Labute approximate surface area is 135 Å². The van der Waals surface area contributed by atoms with Crippen molar-refractivity contribution in [2.75, 3.05) is 24.5 Å². The lowest BCUT2D eigenvalue weighted by Crippen LogP contribution is -2.52. The van der Waals surface area contributed by atoms with Crippen LogP contribution in [-0.2, 0) is 4.79 Å². The van der Waals surface area contributed by atoms with Crippen LogP contribution in [0.4, 0.5) is 10.5 Å². The minimum Gasteiger partial charge on any atom is -0.487 e. The van der Waals surface area contributed by atoms with Crippen molar-refractivity contribution in [3.05, 3.63) is 23.8 Å². The van der Waals surface area contributed by atoms with Crippen LogP contribution in [0.25, 0.3) is 0 Å². The Morgan fingerprint density at radius 2 is 2.09 bits per heavy atom. The van der Waals surface area contributed by atoms with Crippen LogP contribution in [0.3, 0.4) is 0 Å². The Morgan fingerprint density at radius 1 is 1.30 bits per heavy atom. The van der Waals surface area contributed by atoms with Crippen LogP contribution in [0, 0.1) is 12.8 Å². The van der Waals surface area contributed by atoms with Gasteiger partial charge in [-0.15, -0.1) is 0 Å². The summed E-state index contributed by atoms with van der Waals surface area (Å²) in [6, 6.07) is 5.66. The van der Waals surface area contributed by atoms with Gasteiger partial charge >= 0.3 is 12.0 Å². The molecular formula is C17H22N2O4. The van der Waals surface area contributed by atoms with Crippen LogP contribution in [0.2, 0.25) is 0 Å². The molecule has 6 nitrogen and oxygen atoms in total. The number of ether oxygens (including phenoxy) is 1. The number of carboxylic acids is 1. The summed E-state index contributed by atoms with van der Waals surface area (Å²) in [7, 11) is 0. The molecule has 0 aromatic heterocycles. The monoisotopic (exact) mass is 318 g/mol. The summed E-state index contributed by atoms with van der Waals surface area (Å²) >= 11 is 0. The summed E-state index contributed by atoms with van der Waals surface area (Å²) in [5.74, 6) is -0.591. The average Bonchev–Trinajstić information content (AvgIpc) is 2.54. The van der Waals surface area contributed by atoms with Gasteiger partial charge in [0.1, 0.15) is 11.9 Å². The molecule has 2 amide bonds. The lowest BCUT2D eigenvalue weighted by Gasteiger charge is -2.39. The van der Waals surface area contributed by atoms with Gasteiger partial charge in [0.2, 0.25) is 0 Å². The van der Waals surface area contributed by atoms with Crippen LogP contribution in [-0.4, -0.2) is 47.7 Å². The van der Waals surface area contributed by atoms with E-state index in [1.54, 1.807) is 9.80 Å². The smallest absolute Gasteiger partial charge is 0.324 e. The first kappa shape index (κ1) is 15.6. The van der Waals surface area contributed by atoms with Crippen molar-refractivity contribution in [2.45, 2.75) is 32.8 Å². The maximum atomic E-state index is 12.9. The molecule has 2 aliphatic rings. The molecule has 0 saturated carbocycles. The topological polar surface area (TPSA) is 70.1 Å². The average molecular weight is 318 g/mol. The molecular weight excluding hydrogens is 296 g/mol. The summed E-state index contributed by atoms with van der Waals surface area (Å²) in [5, 5.41) is 9.21. The molecule has 1 aromatic rings.